The Balaban J connectivity index is 2.09. The Kier molecular flexibility index (Phi) is 3.13. The SMILES string of the molecule is Nc1ccnc(CNc2cc(F)ccc2F)n1. The zero-order valence-electron chi connectivity index (χ0n) is 8.82. The van der Waals surface area contributed by atoms with Gasteiger partial charge in [0, 0.05) is 6.20 Å². The van der Waals surface area contributed by atoms with E-state index in [1.54, 1.807) is 6.07 Å². The number of halogens is 2. The van der Waals surface area contributed by atoms with E-state index in [2.05, 4.69) is 15.3 Å². The highest BCUT2D eigenvalue weighted by molar-refractivity contribution is 5.45. The summed E-state index contributed by atoms with van der Waals surface area (Å²) >= 11 is 0. The zero-order chi connectivity index (χ0) is 12.3. The summed E-state index contributed by atoms with van der Waals surface area (Å²) in [5.74, 6) is -0.303. The molecular formula is C11H10F2N4. The maximum atomic E-state index is 13.3. The number of aromatic nitrogens is 2. The van der Waals surface area contributed by atoms with Crippen molar-refractivity contribution in [2.45, 2.75) is 6.54 Å². The Labute approximate surface area is 96.5 Å². The van der Waals surface area contributed by atoms with Crippen LogP contribution in [-0.4, -0.2) is 9.97 Å². The monoisotopic (exact) mass is 236 g/mol. The van der Waals surface area contributed by atoms with Gasteiger partial charge in [-0.2, -0.15) is 0 Å². The van der Waals surface area contributed by atoms with Crippen LogP contribution in [0.4, 0.5) is 20.3 Å². The van der Waals surface area contributed by atoms with E-state index in [0.717, 1.165) is 18.2 Å². The first-order valence-corrected chi connectivity index (χ1v) is 4.91. The van der Waals surface area contributed by atoms with E-state index < -0.39 is 11.6 Å². The summed E-state index contributed by atoms with van der Waals surface area (Å²) in [4.78, 5) is 7.87. The summed E-state index contributed by atoms with van der Waals surface area (Å²) in [7, 11) is 0. The van der Waals surface area contributed by atoms with E-state index in [9.17, 15) is 8.78 Å². The molecule has 1 aromatic heterocycles. The molecule has 0 amide bonds. The van der Waals surface area contributed by atoms with Gasteiger partial charge in [-0.15, -0.1) is 0 Å². The third kappa shape index (κ3) is 2.87. The van der Waals surface area contributed by atoms with Gasteiger partial charge >= 0.3 is 0 Å². The molecule has 0 spiro atoms. The van der Waals surface area contributed by atoms with Crippen LogP contribution < -0.4 is 11.1 Å². The number of benzene rings is 1. The van der Waals surface area contributed by atoms with Crippen molar-refractivity contribution in [3.8, 4) is 0 Å². The lowest BCUT2D eigenvalue weighted by atomic mass is 10.3. The van der Waals surface area contributed by atoms with Crippen LogP contribution in [0.3, 0.4) is 0 Å². The van der Waals surface area contributed by atoms with E-state index >= 15 is 0 Å². The highest BCUT2D eigenvalue weighted by Gasteiger charge is 2.04. The molecule has 4 nitrogen and oxygen atoms in total. The van der Waals surface area contributed by atoms with Crippen molar-refractivity contribution in [1.29, 1.82) is 0 Å². The van der Waals surface area contributed by atoms with E-state index in [1.165, 1.54) is 6.20 Å². The van der Waals surface area contributed by atoms with Crippen molar-refractivity contribution in [3.63, 3.8) is 0 Å². The number of nitrogens with one attached hydrogen (secondary N) is 1. The van der Waals surface area contributed by atoms with E-state index in [0.29, 0.717) is 11.6 Å². The van der Waals surface area contributed by atoms with Crippen LogP contribution in [0.5, 0.6) is 0 Å². The highest BCUT2D eigenvalue weighted by atomic mass is 19.1. The normalized spacial score (nSPS) is 10.2. The lowest BCUT2D eigenvalue weighted by Gasteiger charge is -2.06. The highest BCUT2D eigenvalue weighted by Crippen LogP contribution is 2.15. The molecule has 0 fully saturated rings. The van der Waals surface area contributed by atoms with Gasteiger partial charge in [-0.3, -0.25) is 0 Å². The molecular weight excluding hydrogens is 226 g/mol. The van der Waals surface area contributed by atoms with E-state index in [1.807, 2.05) is 0 Å². The summed E-state index contributed by atoms with van der Waals surface area (Å²) in [6.07, 6.45) is 1.50. The Morgan fingerprint density at radius 3 is 2.82 bits per heavy atom. The van der Waals surface area contributed by atoms with Gasteiger partial charge in [0.2, 0.25) is 0 Å². The summed E-state index contributed by atoms with van der Waals surface area (Å²) in [6.45, 7) is 0.172. The van der Waals surface area contributed by atoms with Gasteiger partial charge in [0.25, 0.3) is 0 Å². The molecule has 0 saturated heterocycles. The molecule has 2 aromatic rings. The standard InChI is InChI=1S/C11H10F2N4/c12-7-1-2-8(13)9(5-7)16-6-11-15-4-3-10(14)17-11/h1-5,16H,6H2,(H2,14,15,17). The zero-order valence-corrected chi connectivity index (χ0v) is 8.82. The summed E-state index contributed by atoms with van der Waals surface area (Å²) in [5, 5.41) is 2.70. The van der Waals surface area contributed by atoms with Crippen molar-refractivity contribution >= 4 is 11.5 Å². The van der Waals surface area contributed by atoms with Gasteiger partial charge in [-0.05, 0) is 24.3 Å². The van der Waals surface area contributed by atoms with Gasteiger partial charge in [0.1, 0.15) is 23.3 Å². The van der Waals surface area contributed by atoms with E-state index in [-0.39, 0.29) is 12.2 Å². The Bertz CT molecular complexity index is 531. The second-order valence-electron chi connectivity index (χ2n) is 3.38. The topological polar surface area (TPSA) is 63.8 Å². The molecule has 0 saturated carbocycles. The summed E-state index contributed by atoms with van der Waals surface area (Å²) < 4.78 is 26.1. The summed E-state index contributed by atoms with van der Waals surface area (Å²) in [5.41, 5.74) is 5.53. The molecule has 3 N–H and O–H groups in total. The van der Waals surface area contributed by atoms with Gasteiger partial charge < -0.3 is 11.1 Å². The Hall–Kier alpha value is -2.24. The average molecular weight is 236 g/mol. The van der Waals surface area contributed by atoms with Crippen LogP contribution in [0.15, 0.2) is 30.5 Å². The van der Waals surface area contributed by atoms with Gasteiger partial charge in [0.05, 0.1) is 12.2 Å². The molecule has 1 aromatic carbocycles. The maximum absolute atomic E-state index is 13.3. The van der Waals surface area contributed by atoms with Crippen LogP contribution in [0.2, 0.25) is 0 Å². The summed E-state index contributed by atoms with van der Waals surface area (Å²) in [6, 6.07) is 4.73. The fourth-order valence-electron chi connectivity index (χ4n) is 1.31. The Morgan fingerprint density at radius 2 is 2.06 bits per heavy atom. The van der Waals surface area contributed by atoms with Crippen LogP contribution in [0, 0.1) is 11.6 Å². The predicted octanol–water partition coefficient (Wildman–Crippen LogP) is 1.95. The fraction of sp³-hybridized carbons (Fsp3) is 0.0909. The number of nitrogens with two attached hydrogens (primary N) is 1. The molecule has 0 bridgehead atoms. The quantitative estimate of drug-likeness (QED) is 0.854. The number of anilines is 2. The van der Waals surface area contributed by atoms with E-state index in [4.69, 9.17) is 5.73 Å². The first kappa shape index (κ1) is 11.3. The van der Waals surface area contributed by atoms with Crippen molar-refractivity contribution in [3.05, 3.63) is 47.9 Å². The number of hydrogen-bond donors (Lipinski definition) is 2. The molecule has 0 aliphatic rings. The fourth-order valence-corrected chi connectivity index (χ4v) is 1.31. The predicted molar refractivity (Wildman–Crippen MR) is 60.1 cm³/mol. The van der Waals surface area contributed by atoms with Crippen LogP contribution in [0.25, 0.3) is 0 Å². The minimum atomic E-state index is -0.532. The van der Waals surface area contributed by atoms with Gasteiger partial charge in [-0.1, -0.05) is 0 Å². The lowest BCUT2D eigenvalue weighted by Crippen LogP contribution is -2.06. The van der Waals surface area contributed by atoms with Crippen molar-refractivity contribution < 1.29 is 8.78 Å². The molecule has 17 heavy (non-hydrogen) atoms. The average Bonchev–Trinajstić information content (AvgIpc) is 2.30. The van der Waals surface area contributed by atoms with Crippen molar-refractivity contribution in [1.82, 2.24) is 9.97 Å². The molecule has 1 heterocycles. The molecule has 0 atom stereocenters. The second-order valence-corrected chi connectivity index (χ2v) is 3.38. The van der Waals surface area contributed by atoms with Gasteiger partial charge in [0.15, 0.2) is 0 Å². The first-order valence-electron chi connectivity index (χ1n) is 4.91. The van der Waals surface area contributed by atoms with Crippen LogP contribution in [-0.2, 0) is 6.54 Å². The largest absolute Gasteiger partial charge is 0.384 e. The number of nitrogens with zero attached hydrogens (tertiary/aromatic N) is 2. The van der Waals surface area contributed by atoms with Crippen LogP contribution >= 0.6 is 0 Å². The van der Waals surface area contributed by atoms with Gasteiger partial charge in [-0.25, -0.2) is 18.7 Å². The third-order valence-corrected chi connectivity index (χ3v) is 2.09. The van der Waals surface area contributed by atoms with Crippen molar-refractivity contribution in [2.24, 2.45) is 0 Å². The minimum Gasteiger partial charge on any atom is -0.384 e. The molecule has 88 valence electrons. The van der Waals surface area contributed by atoms with Crippen molar-refractivity contribution in [2.75, 3.05) is 11.1 Å². The first-order chi connectivity index (χ1) is 8.15. The molecule has 0 aliphatic carbocycles. The maximum Gasteiger partial charge on any atom is 0.149 e. The number of rotatable bonds is 3. The molecule has 6 heteroatoms. The lowest BCUT2D eigenvalue weighted by molar-refractivity contribution is 0.602. The number of nitrogen functional groups attached to an aromatic ring is 1. The second kappa shape index (κ2) is 4.73. The molecule has 0 aliphatic heterocycles. The Morgan fingerprint density at radius 1 is 1.24 bits per heavy atom. The molecule has 2 rings (SSSR count). The molecule has 0 radical (unpaired) electrons. The molecule has 0 unspecified atom stereocenters. The third-order valence-electron chi connectivity index (χ3n) is 2.09. The number of hydrogen-bond acceptors (Lipinski definition) is 4. The minimum absolute atomic E-state index is 0.0658. The smallest absolute Gasteiger partial charge is 0.149 e. The van der Waals surface area contributed by atoms with Crippen LogP contribution in [0.1, 0.15) is 5.82 Å².